The van der Waals surface area contributed by atoms with Gasteiger partial charge < -0.3 is 16.7 Å². The summed E-state index contributed by atoms with van der Waals surface area (Å²) in [6.07, 6.45) is 1.02. The van der Waals surface area contributed by atoms with Crippen molar-refractivity contribution >= 4 is 0 Å². The zero-order valence-corrected chi connectivity index (χ0v) is 20.3. The Kier molecular flexibility index (Phi) is 11.8. The summed E-state index contributed by atoms with van der Waals surface area (Å²) >= 11 is 0. The first kappa shape index (κ1) is 27.4. The van der Waals surface area contributed by atoms with Gasteiger partial charge in [0.1, 0.15) is 0 Å². The van der Waals surface area contributed by atoms with E-state index in [0.29, 0.717) is 5.41 Å². The van der Waals surface area contributed by atoms with Crippen LogP contribution in [0, 0.1) is 53.6 Å². The Labute approximate surface area is 174 Å². The minimum Gasteiger partial charge on any atom is -0.508 e. The van der Waals surface area contributed by atoms with Crippen molar-refractivity contribution in [2.45, 2.75) is 75.7 Å². The zero-order chi connectivity index (χ0) is 20.1. The molecule has 3 heteroatoms. The molecule has 0 amide bonds. The normalized spacial score (nSPS) is 13.7. The van der Waals surface area contributed by atoms with E-state index < -0.39 is 0 Å². The maximum Gasteiger partial charge on any atom is 3.00 e. The van der Waals surface area contributed by atoms with E-state index in [0.717, 1.165) is 6.42 Å². The third-order valence-electron chi connectivity index (χ3n) is 5.49. The van der Waals surface area contributed by atoms with Crippen LogP contribution in [-0.2, 0) is 17.1 Å². The van der Waals surface area contributed by atoms with E-state index in [1.165, 1.54) is 39.2 Å². The summed E-state index contributed by atoms with van der Waals surface area (Å²) in [7, 11) is 4.12. The molecule has 1 heterocycles. The molecular weight excluding hydrogens is 360 g/mol. The van der Waals surface area contributed by atoms with Crippen LogP contribution in [-0.4, -0.2) is 23.9 Å². The summed E-state index contributed by atoms with van der Waals surface area (Å²) in [4.78, 5) is 4.24. The molecule has 0 spiro atoms. The second kappa shape index (κ2) is 11.1. The molecule has 26 heavy (non-hydrogen) atoms. The molecule has 2 rings (SSSR count). The first-order chi connectivity index (χ1) is 11.2. The van der Waals surface area contributed by atoms with Gasteiger partial charge in [-0.2, -0.15) is 40.9 Å². The van der Waals surface area contributed by atoms with Crippen LogP contribution in [0.15, 0.2) is 11.4 Å². The van der Waals surface area contributed by atoms with Crippen LogP contribution >= 0.6 is 0 Å². The van der Waals surface area contributed by atoms with Crippen molar-refractivity contribution in [1.82, 2.24) is 9.80 Å². The molecule has 0 unspecified atom stereocenters. The topological polar surface area (TPSA) is 6.48 Å². The van der Waals surface area contributed by atoms with Gasteiger partial charge in [0.15, 0.2) is 0 Å². The minimum absolute atomic E-state index is 0. The van der Waals surface area contributed by atoms with Gasteiger partial charge in [-0.25, -0.2) is 0 Å². The second-order valence-corrected chi connectivity index (χ2v) is 8.44. The predicted octanol–water partition coefficient (Wildman–Crippen LogP) is 6.44. The summed E-state index contributed by atoms with van der Waals surface area (Å²) in [6, 6.07) is 0. The number of hydrogen-bond donors (Lipinski definition) is 0. The monoisotopic (exact) mass is 401 g/mol. The standard InChI is InChI=1S/C10H15.C7H13N2.C6H13.Fe/c1-6-7(2)9(4)10(5)8(6)3;1-6-7(2)9(4)5-8(6)3;1-5-6(2,3)4;/h1-5H3;5H,1-4H3;1,5H2,2-4H3;/q3*-1;+3. The van der Waals surface area contributed by atoms with Gasteiger partial charge in [-0.1, -0.05) is 60.8 Å². The molecule has 0 N–H and O–H groups in total. The van der Waals surface area contributed by atoms with Crippen molar-refractivity contribution in [1.29, 1.82) is 0 Å². The average molecular weight is 401 g/mol. The van der Waals surface area contributed by atoms with Crippen molar-refractivity contribution in [3.63, 3.8) is 0 Å². The van der Waals surface area contributed by atoms with Crippen molar-refractivity contribution in [2.24, 2.45) is 5.41 Å². The third kappa shape index (κ3) is 7.84. The van der Waals surface area contributed by atoms with Crippen LogP contribution in [0.3, 0.4) is 0 Å². The fraction of sp³-hybridized carbons (Fsp3) is 0.609. The van der Waals surface area contributed by atoms with E-state index >= 15 is 0 Å². The fourth-order valence-corrected chi connectivity index (χ4v) is 2.35. The van der Waals surface area contributed by atoms with Gasteiger partial charge in [-0.05, 0) is 39.3 Å². The largest absolute Gasteiger partial charge is 3.00 e. The first-order valence-electron chi connectivity index (χ1n) is 9.21. The Bertz CT molecular complexity index is 492. The van der Waals surface area contributed by atoms with Gasteiger partial charge in [-0.3, -0.25) is 0 Å². The molecule has 0 atom stereocenters. The zero-order valence-electron chi connectivity index (χ0n) is 19.2. The smallest absolute Gasteiger partial charge is 0.508 e. The van der Waals surface area contributed by atoms with Crippen LogP contribution in [0.5, 0.6) is 0 Å². The summed E-state index contributed by atoms with van der Waals surface area (Å²) in [5.74, 6) is 0. The Hall–Kier alpha value is -0.791. The molecule has 0 fully saturated rings. The summed E-state index contributed by atoms with van der Waals surface area (Å²) in [6.45, 7) is 27.6. The third-order valence-corrected chi connectivity index (χ3v) is 5.49. The van der Waals surface area contributed by atoms with Crippen LogP contribution < -0.4 is 0 Å². The molecule has 1 radical (unpaired) electrons. The Balaban J connectivity index is 0. The molecule has 0 saturated carbocycles. The summed E-state index contributed by atoms with van der Waals surface area (Å²) in [5.41, 5.74) is 10.4. The van der Waals surface area contributed by atoms with Crippen molar-refractivity contribution in [2.75, 3.05) is 14.1 Å². The number of hydrogen-bond acceptors (Lipinski definition) is 2. The van der Waals surface area contributed by atoms with Gasteiger partial charge in [0, 0.05) is 0 Å². The van der Waals surface area contributed by atoms with Crippen LogP contribution in [0.2, 0.25) is 0 Å². The predicted molar refractivity (Wildman–Crippen MR) is 113 cm³/mol. The molecule has 0 aromatic heterocycles. The molecular formula is C23H41FeN2. The molecule has 151 valence electrons. The molecule has 0 aliphatic carbocycles. The molecule has 0 bridgehead atoms. The Morgan fingerprint density at radius 1 is 0.846 bits per heavy atom. The van der Waals surface area contributed by atoms with Crippen molar-refractivity contribution < 1.29 is 17.1 Å². The second-order valence-electron chi connectivity index (χ2n) is 8.44. The van der Waals surface area contributed by atoms with E-state index in [9.17, 15) is 0 Å². The average Bonchev–Trinajstić information content (AvgIpc) is 2.86. The van der Waals surface area contributed by atoms with E-state index in [-0.39, 0.29) is 17.1 Å². The summed E-state index contributed by atoms with van der Waals surface area (Å²) < 4.78 is 0. The number of rotatable bonds is 0. The molecule has 1 aromatic rings. The fourth-order valence-electron chi connectivity index (χ4n) is 2.35. The summed E-state index contributed by atoms with van der Waals surface area (Å²) in [5, 5.41) is 0. The minimum atomic E-state index is 0. The van der Waals surface area contributed by atoms with Gasteiger partial charge >= 0.3 is 17.1 Å². The molecule has 1 aliphatic rings. The Morgan fingerprint density at radius 2 is 1.12 bits per heavy atom. The SMILES string of the molecule is CC1=C(C)N(C)[CH-]N1C.Cc1c(C)c(C)[c-](C)c1C.[CH2-]CC(C)(C)C.[Fe+3]. The quantitative estimate of drug-likeness (QED) is 0.365. The maximum absolute atomic E-state index is 3.76. The number of allylic oxidation sites excluding steroid dienone is 2. The van der Waals surface area contributed by atoms with Gasteiger partial charge in [0.25, 0.3) is 0 Å². The first-order valence-corrected chi connectivity index (χ1v) is 9.21. The van der Waals surface area contributed by atoms with E-state index in [1.54, 1.807) is 0 Å². The van der Waals surface area contributed by atoms with Crippen LogP contribution in [0.25, 0.3) is 0 Å². The van der Waals surface area contributed by atoms with Gasteiger partial charge in [-0.15, -0.1) is 0 Å². The molecule has 0 saturated heterocycles. The molecule has 1 aliphatic heterocycles. The van der Waals surface area contributed by atoms with Gasteiger partial charge in [0.2, 0.25) is 0 Å². The van der Waals surface area contributed by atoms with Crippen molar-refractivity contribution in [3.8, 4) is 0 Å². The van der Waals surface area contributed by atoms with E-state index in [2.05, 4.69) is 107 Å². The van der Waals surface area contributed by atoms with Crippen LogP contribution in [0.1, 0.15) is 68.9 Å². The van der Waals surface area contributed by atoms with Crippen molar-refractivity contribution in [3.05, 3.63) is 52.8 Å². The Morgan fingerprint density at radius 3 is 1.19 bits per heavy atom. The van der Waals surface area contributed by atoms with E-state index in [1.807, 2.05) is 0 Å². The maximum atomic E-state index is 3.76. The van der Waals surface area contributed by atoms with Crippen LogP contribution in [0.4, 0.5) is 0 Å². The van der Waals surface area contributed by atoms with Gasteiger partial charge in [0.05, 0.1) is 0 Å². The molecule has 2 nitrogen and oxygen atoms in total. The number of nitrogens with zero attached hydrogens (tertiary/aromatic N) is 2. The van der Waals surface area contributed by atoms with E-state index in [4.69, 9.17) is 0 Å². The molecule has 1 aromatic carbocycles.